The smallest absolute Gasteiger partial charge is 0.306 e. The van der Waals surface area contributed by atoms with Crippen LogP contribution in [0.5, 0.6) is 0 Å². The highest BCUT2D eigenvalue weighted by Crippen LogP contribution is 2.18. The lowest BCUT2D eigenvalue weighted by Gasteiger charge is -2.26. The lowest BCUT2D eigenvalue weighted by atomic mass is 10.0. The van der Waals surface area contributed by atoms with Gasteiger partial charge in [0.1, 0.15) is 13.2 Å². The Balaban J connectivity index is 4.13. The van der Waals surface area contributed by atoms with Crippen LogP contribution in [-0.2, 0) is 33.3 Å². The van der Waals surface area contributed by atoms with Crippen molar-refractivity contribution in [1.82, 2.24) is 0 Å². The summed E-state index contributed by atoms with van der Waals surface area (Å²) in [5, 5.41) is 11.8. The fraction of sp³-hybridized carbons (Fsp3) is 0.833. The van der Waals surface area contributed by atoms with E-state index in [1.165, 1.54) is 205 Å². The third kappa shape index (κ3) is 58.8. The van der Waals surface area contributed by atoms with Crippen molar-refractivity contribution in [1.29, 1.82) is 0 Å². The molecule has 0 rings (SSSR count). The summed E-state index contributed by atoms with van der Waals surface area (Å²) in [7, 11) is 5.93. The Bertz CT molecular complexity index is 1370. The van der Waals surface area contributed by atoms with E-state index in [0.717, 1.165) is 57.8 Å². The molecule has 0 saturated heterocycles. The Labute approximate surface area is 463 Å². The number of likely N-dealkylation sites (N-methyl/N-ethyl adjacent to an activating group) is 1. The molecule has 75 heavy (non-hydrogen) atoms. The summed E-state index contributed by atoms with van der Waals surface area (Å²) in [6, 6.07) is 0. The monoisotopic (exact) mass is 1060 g/mol. The van der Waals surface area contributed by atoms with Crippen LogP contribution in [0.15, 0.2) is 48.6 Å². The van der Waals surface area contributed by atoms with E-state index in [2.05, 4.69) is 62.5 Å². The first-order chi connectivity index (χ1) is 36.6. The number of quaternary nitrogens is 1. The van der Waals surface area contributed by atoms with Gasteiger partial charge in [-0.2, -0.15) is 0 Å². The van der Waals surface area contributed by atoms with Gasteiger partial charge in [0.15, 0.2) is 12.4 Å². The molecule has 9 heteroatoms. The minimum absolute atomic E-state index is 0.149. The molecule has 0 aliphatic heterocycles. The molecule has 0 aromatic heterocycles. The van der Waals surface area contributed by atoms with Gasteiger partial charge in [-0.25, -0.2) is 0 Å². The van der Waals surface area contributed by atoms with Gasteiger partial charge in [0.2, 0.25) is 0 Å². The molecule has 2 atom stereocenters. The first kappa shape index (κ1) is 72.2. The maximum atomic E-state index is 12.9. The zero-order chi connectivity index (χ0) is 54.8. The van der Waals surface area contributed by atoms with Gasteiger partial charge in [-0.15, -0.1) is 0 Å². The SMILES string of the molecule is CC/C=C\C/C=C\C/C=C\C/C=C\CCCCCCCCCCCCCCCCCCC(=O)OC(COC(=O)CCCCCCCCCCCCCCCCCCCCCCC)COC(OCC[N+](C)(C)C)C(=O)[O-]. The van der Waals surface area contributed by atoms with Gasteiger partial charge in [0, 0.05) is 12.8 Å². The van der Waals surface area contributed by atoms with Crippen LogP contribution in [0.1, 0.15) is 296 Å². The second-order valence-corrected chi connectivity index (χ2v) is 22.7. The van der Waals surface area contributed by atoms with Crippen LogP contribution in [0.3, 0.4) is 0 Å². The van der Waals surface area contributed by atoms with Gasteiger partial charge in [0.25, 0.3) is 0 Å². The summed E-state index contributed by atoms with van der Waals surface area (Å²) in [5.74, 6) is -2.26. The average molecular weight is 1060 g/mol. The minimum atomic E-state index is -1.62. The predicted molar refractivity (Wildman–Crippen MR) is 315 cm³/mol. The van der Waals surface area contributed by atoms with Crippen LogP contribution >= 0.6 is 0 Å². The maximum absolute atomic E-state index is 12.9. The Morgan fingerprint density at radius 1 is 0.413 bits per heavy atom. The van der Waals surface area contributed by atoms with E-state index in [0.29, 0.717) is 23.9 Å². The second kappa shape index (κ2) is 57.4. The van der Waals surface area contributed by atoms with Crippen molar-refractivity contribution in [3.63, 3.8) is 0 Å². The standard InChI is InChI=1S/C66H121NO8/c1-6-8-10-12-14-16-18-20-22-24-26-28-29-30-31-32-33-34-35-37-39-41-43-45-47-49-51-53-55-57-64(69)75-62(61-74-66(65(70)71)72-59-58-67(3,4)5)60-73-63(68)56-54-52-50-48-46-44-42-40-38-36-27-25-23-21-19-17-15-13-11-9-7-2/h8,10,14,16,20,22,26,28,62,66H,6-7,9,11-13,15,17-19,21,23-25,27,29-61H2,1-5H3/b10-8-,16-14-,22-20-,28-26-. The first-order valence-corrected chi connectivity index (χ1v) is 31.8. The van der Waals surface area contributed by atoms with Gasteiger partial charge < -0.3 is 33.3 Å². The molecular weight excluding hydrogens is 935 g/mol. The van der Waals surface area contributed by atoms with E-state index in [-0.39, 0.29) is 32.2 Å². The Kier molecular flexibility index (Phi) is 55.3. The topological polar surface area (TPSA) is 111 Å². The molecule has 0 heterocycles. The second-order valence-electron chi connectivity index (χ2n) is 22.7. The van der Waals surface area contributed by atoms with E-state index in [1.807, 2.05) is 21.1 Å². The third-order valence-electron chi connectivity index (χ3n) is 14.1. The van der Waals surface area contributed by atoms with E-state index in [1.54, 1.807) is 0 Å². The minimum Gasteiger partial charge on any atom is -0.545 e. The van der Waals surface area contributed by atoms with Crippen molar-refractivity contribution in [3.05, 3.63) is 48.6 Å². The highest BCUT2D eigenvalue weighted by Gasteiger charge is 2.22. The fourth-order valence-corrected chi connectivity index (χ4v) is 9.24. The number of rotatable bonds is 59. The molecule has 0 bridgehead atoms. The molecule has 0 aromatic carbocycles. The van der Waals surface area contributed by atoms with Gasteiger partial charge in [0.05, 0.1) is 40.3 Å². The van der Waals surface area contributed by atoms with Crippen LogP contribution in [-0.4, -0.2) is 82.3 Å². The molecule has 2 unspecified atom stereocenters. The Hall–Kier alpha value is -2.75. The zero-order valence-corrected chi connectivity index (χ0v) is 49.9. The molecule has 0 amide bonds. The van der Waals surface area contributed by atoms with Crippen LogP contribution in [0.4, 0.5) is 0 Å². The van der Waals surface area contributed by atoms with E-state index < -0.39 is 24.3 Å². The van der Waals surface area contributed by atoms with Crippen molar-refractivity contribution in [2.24, 2.45) is 0 Å². The molecule has 0 radical (unpaired) electrons. The summed E-state index contributed by atoms with van der Waals surface area (Å²) in [6.07, 6.45) is 68.9. The molecule has 438 valence electrons. The van der Waals surface area contributed by atoms with Gasteiger partial charge >= 0.3 is 11.9 Å². The number of carboxylic acid groups (broad SMARTS) is 1. The lowest BCUT2D eigenvalue weighted by Crippen LogP contribution is -2.44. The largest absolute Gasteiger partial charge is 0.545 e. The number of hydrogen-bond donors (Lipinski definition) is 0. The van der Waals surface area contributed by atoms with E-state index >= 15 is 0 Å². The Morgan fingerprint density at radius 3 is 1.13 bits per heavy atom. The molecule has 0 aromatic rings. The summed E-state index contributed by atoms with van der Waals surface area (Å²) in [5.41, 5.74) is 0. The number of esters is 2. The molecular formula is C66H121NO8. The van der Waals surface area contributed by atoms with Crippen molar-refractivity contribution in [3.8, 4) is 0 Å². The summed E-state index contributed by atoms with van der Waals surface area (Å²) >= 11 is 0. The fourth-order valence-electron chi connectivity index (χ4n) is 9.24. The maximum Gasteiger partial charge on any atom is 0.306 e. The number of aliphatic carboxylic acids is 1. The van der Waals surface area contributed by atoms with E-state index in [4.69, 9.17) is 18.9 Å². The molecule has 0 saturated carbocycles. The van der Waals surface area contributed by atoms with Crippen LogP contribution in [0.25, 0.3) is 0 Å². The molecule has 9 nitrogen and oxygen atoms in total. The molecule has 0 N–H and O–H groups in total. The van der Waals surface area contributed by atoms with Crippen molar-refractivity contribution < 1.29 is 42.9 Å². The summed E-state index contributed by atoms with van der Waals surface area (Å²) in [6.45, 7) is 4.69. The number of allylic oxidation sites excluding steroid dienone is 8. The number of carbonyl (C=O) groups is 3. The lowest BCUT2D eigenvalue weighted by molar-refractivity contribution is -0.870. The molecule has 0 spiro atoms. The average Bonchev–Trinajstić information content (AvgIpc) is 3.38. The van der Waals surface area contributed by atoms with Gasteiger partial charge in [-0.1, -0.05) is 281 Å². The van der Waals surface area contributed by atoms with Crippen molar-refractivity contribution >= 4 is 17.9 Å². The quantitative estimate of drug-likeness (QED) is 0.0195. The molecule has 0 aliphatic carbocycles. The first-order valence-electron chi connectivity index (χ1n) is 31.8. The number of ether oxygens (including phenoxy) is 4. The van der Waals surface area contributed by atoms with Crippen molar-refractivity contribution in [2.45, 2.75) is 309 Å². The number of carboxylic acids is 1. The van der Waals surface area contributed by atoms with Gasteiger partial charge in [-0.3, -0.25) is 9.59 Å². The Morgan fingerprint density at radius 2 is 0.760 bits per heavy atom. The third-order valence-corrected chi connectivity index (χ3v) is 14.1. The number of unbranched alkanes of at least 4 members (excludes halogenated alkanes) is 36. The molecule has 0 fully saturated rings. The normalized spacial score (nSPS) is 13.0. The highest BCUT2D eigenvalue weighted by molar-refractivity contribution is 5.70. The van der Waals surface area contributed by atoms with Crippen LogP contribution < -0.4 is 5.11 Å². The number of nitrogens with zero attached hydrogens (tertiary/aromatic N) is 1. The predicted octanol–water partition coefficient (Wildman–Crippen LogP) is 17.7. The summed E-state index contributed by atoms with van der Waals surface area (Å²) < 4.78 is 22.8. The summed E-state index contributed by atoms with van der Waals surface area (Å²) in [4.78, 5) is 37.4. The number of carbonyl (C=O) groups excluding carboxylic acids is 3. The van der Waals surface area contributed by atoms with Crippen LogP contribution in [0, 0.1) is 0 Å². The van der Waals surface area contributed by atoms with Gasteiger partial charge in [-0.05, 0) is 51.4 Å². The van der Waals surface area contributed by atoms with Crippen LogP contribution in [0.2, 0.25) is 0 Å². The zero-order valence-electron chi connectivity index (χ0n) is 49.9. The highest BCUT2D eigenvalue weighted by atomic mass is 16.7. The van der Waals surface area contributed by atoms with Crippen molar-refractivity contribution in [2.75, 3.05) is 47.5 Å². The molecule has 0 aliphatic rings. The number of hydrogen-bond acceptors (Lipinski definition) is 8. The van der Waals surface area contributed by atoms with E-state index in [9.17, 15) is 19.5 Å².